The minimum Gasteiger partial charge on any atom is -0.437 e. The molecule has 0 saturated carbocycles. The summed E-state index contributed by atoms with van der Waals surface area (Å²) >= 11 is 0. The highest BCUT2D eigenvalue weighted by Gasteiger charge is 2.28. The van der Waals surface area contributed by atoms with E-state index in [2.05, 4.69) is 15.3 Å². The van der Waals surface area contributed by atoms with Crippen LogP contribution in [0.15, 0.2) is 73.3 Å². The van der Waals surface area contributed by atoms with Crippen LogP contribution >= 0.6 is 0 Å². The van der Waals surface area contributed by atoms with Gasteiger partial charge in [-0.1, -0.05) is 30.3 Å². The van der Waals surface area contributed by atoms with Crippen molar-refractivity contribution in [3.63, 3.8) is 0 Å². The number of amides is 2. The Morgan fingerprint density at radius 3 is 2.80 bits per heavy atom. The summed E-state index contributed by atoms with van der Waals surface area (Å²) in [5.74, 6) is 0.583. The maximum absolute atomic E-state index is 12.8. The number of nitrogens with zero attached hydrogens (tertiary/aromatic N) is 3. The van der Waals surface area contributed by atoms with E-state index in [4.69, 9.17) is 4.74 Å². The lowest BCUT2D eigenvalue weighted by Gasteiger charge is -2.32. The minimum atomic E-state index is -0.359. The second-order valence-electron chi connectivity index (χ2n) is 6.81. The van der Waals surface area contributed by atoms with Crippen LogP contribution in [0.1, 0.15) is 30.5 Å². The first kappa shape index (κ1) is 19.3. The molecule has 1 aromatic heterocycles. The van der Waals surface area contributed by atoms with Crippen molar-refractivity contribution in [2.24, 2.45) is 0 Å². The number of carbonyl (C=O) groups excluding carboxylic acids is 2. The molecule has 7 nitrogen and oxygen atoms in total. The Kier molecular flexibility index (Phi) is 5.52. The Hall–Kier alpha value is -4.00. The van der Waals surface area contributed by atoms with Gasteiger partial charge in [0.2, 0.25) is 17.7 Å². The van der Waals surface area contributed by atoms with E-state index in [-0.39, 0.29) is 24.3 Å². The van der Waals surface area contributed by atoms with Crippen LogP contribution in [0.4, 0.5) is 5.69 Å². The maximum Gasteiger partial charge on any atom is 0.237 e. The SMILES string of the molecule is CC(=O)N1C=Cc2ccccc2C1CC(=O)Nc1cccc(Oc2cnccn2)c1. The van der Waals surface area contributed by atoms with Gasteiger partial charge in [-0.2, -0.15) is 0 Å². The molecule has 0 saturated heterocycles. The Balaban J connectivity index is 1.48. The number of hydrogen-bond donors (Lipinski definition) is 1. The average Bonchev–Trinajstić information content (AvgIpc) is 2.74. The molecule has 7 heteroatoms. The number of anilines is 1. The molecule has 0 aliphatic carbocycles. The van der Waals surface area contributed by atoms with Crippen LogP contribution in [0.2, 0.25) is 0 Å². The molecule has 1 aliphatic heterocycles. The van der Waals surface area contributed by atoms with Gasteiger partial charge >= 0.3 is 0 Å². The Bertz CT molecular complexity index is 1100. The number of carbonyl (C=O) groups is 2. The highest BCUT2D eigenvalue weighted by atomic mass is 16.5. The van der Waals surface area contributed by atoms with Crippen molar-refractivity contribution in [2.75, 3.05) is 5.32 Å². The van der Waals surface area contributed by atoms with Crippen LogP contribution in [-0.4, -0.2) is 26.7 Å². The van der Waals surface area contributed by atoms with Gasteiger partial charge in [0.1, 0.15) is 5.75 Å². The van der Waals surface area contributed by atoms with Crippen molar-refractivity contribution in [1.29, 1.82) is 0 Å². The predicted molar refractivity (Wildman–Crippen MR) is 113 cm³/mol. The molecule has 30 heavy (non-hydrogen) atoms. The third-order valence-corrected chi connectivity index (χ3v) is 4.73. The van der Waals surface area contributed by atoms with E-state index in [1.807, 2.05) is 30.3 Å². The monoisotopic (exact) mass is 400 g/mol. The van der Waals surface area contributed by atoms with E-state index in [0.29, 0.717) is 17.3 Å². The van der Waals surface area contributed by atoms with Crippen molar-refractivity contribution in [1.82, 2.24) is 14.9 Å². The number of nitrogens with one attached hydrogen (secondary N) is 1. The van der Waals surface area contributed by atoms with E-state index in [1.54, 1.807) is 41.6 Å². The first-order chi connectivity index (χ1) is 14.6. The van der Waals surface area contributed by atoms with E-state index >= 15 is 0 Å². The molecule has 3 aromatic rings. The maximum atomic E-state index is 12.8. The number of benzene rings is 2. The summed E-state index contributed by atoms with van der Waals surface area (Å²) in [7, 11) is 0. The number of hydrogen-bond acceptors (Lipinski definition) is 5. The van der Waals surface area contributed by atoms with Gasteiger partial charge in [0, 0.05) is 37.3 Å². The molecular weight excluding hydrogens is 380 g/mol. The zero-order valence-electron chi connectivity index (χ0n) is 16.4. The molecule has 1 N–H and O–H groups in total. The van der Waals surface area contributed by atoms with Crippen molar-refractivity contribution in [2.45, 2.75) is 19.4 Å². The lowest BCUT2D eigenvalue weighted by Crippen LogP contribution is -2.33. The van der Waals surface area contributed by atoms with Crippen LogP contribution in [-0.2, 0) is 9.59 Å². The summed E-state index contributed by atoms with van der Waals surface area (Å²) in [5, 5.41) is 2.89. The Morgan fingerprint density at radius 2 is 2.00 bits per heavy atom. The molecule has 1 aliphatic rings. The molecule has 1 atom stereocenters. The van der Waals surface area contributed by atoms with Crippen LogP contribution in [0.25, 0.3) is 6.08 Å². The highest BCUT2D eigenvalue weighted by molar-refractivity contribution is 5.92. The molecule has 2 amide bonds. The second kappa shape index (κ2) is 8.57. The quantitative estimate of drug-likeness (QED) is 0.695. The van der Waals surface area contributed by atoms with Crippen LogP contribution in [0, 0.1) is 0 Å². The van der Waals surface area contributed by atoms with E-state index in [9.17, 15) is 9.59 Å². The zero-order chi connectivity index (χ0) is 20.9. The van der Waals surface area contributed by atoms with Gasteiger partial charge in [0.05, 0.1) is 18.7 Å². The molecule has 150 valence electrons. The van der Waals surface area contributed by atoms with E-state index in [0.717, 1.165) is 11.1 Å². The first-order valence-corrected chi connectivity index (χ1v) is 9.50. The summed E-state index contributed by atoms with van der Waals surface area (Å²) in [4.78, 5) is 34.5. The fourth-order valence-electron chi connectivity index (χ4n) is 3.40. The molecule has 2 aromatic carbocycles. The number of aromatic nitrogens is 2. The highest BCUT2D eigenvalue weighted by Crippen LogP contribution is 2.33. The standard InChI is InChI=1S/C23H20N4O3/c1-16(28)27-12-9-17-5-2-3-8-20(17)21(27)14-22(29)26-18-6-4-7-19(13-18)30-23-15-24-10-11-25-23/h2-13,15,21H,14H2,1H3,(H,26,29). The third-order valence-electron chi connectivity index (χ3n) is 4.73. The summed E-state index contributed by atoms with van der Waals surface area (Å²) in [5.41, 5.74) is 2.55. The Morgan fingerprint density at radius 1 is 1.13 bits per heavy atom. The zero-order valence-corrected chi connectivity index (χ0v) is 16.4. The third kappa shape index (κ3) is 4.35. The van der Waals surface area contributed by atoms with Crippen LogP contribution < -0.4 is 10.1 Å². The fraction of sp³-hybridized carbons (Fsp3) is 0.130. The fourth-order valence-corrected chi connectivity index (χ4v) is 3.40. The van der Waals surface area contributed by atoms with E-state index < -0.39 is 0 Å². The van der Waals surface area contributed by atoms with Gasteiger partial charge in [0.25, 0.3) is 0 Å². The smallest absolute Gasteiger partial charge is 0.237 e. The molecule has 2 heterocycles. The van der Waals surface area contributed by atoms with Gasteiger partial charge in [-0.25, -0.2) is 4.98 Å². The topological polar surface area (TPSA) is 84.4 Å². The van der Waals surface area contributed by atoms with Crippen molar-refractivity contribution >= 4 is 23.6 Å². The van der Waals surface area contributed by atoms with Gasteiger partial charge < -0.3 is 15.0 Å². The minimum absolute atomic E-state index is 0.113. The first-order valence-electron chi connectivity index (χ1n) is 9.50. The molecule has 0 bridgehead atoms. The van der Waals surface area contributed by atoms with E-state index in [1.165, 1.54) is 19.3 Å². The summed E-state index contributed by atoms with van der Waals surface area (Å²) in [6.07, 6.45) is 8.37. The molecule has 0 spiro atoms. The molecule has 1 unspecified atom stereocenters. The molecule has 0 fully saturated rings. The average molecular weight is 400 g/mol. The van der Waals surface area contributed by atoms with Gasteiger partial charge in [-0.05, 0) is 29.3 Å². The van der Waals surface area contributed by atoms with Gasteiger partial charge in [-0.15, -0.1) is 0 Å². The molecule has 4 rings (SSSR count). The van der Waals surface area contributed by atoms with Crippen LogP contribution in [0.5, 0.6) is 11.6 Å². The largest absolute Gasteiger partial charge is 0.437 e. The number of ether oxygens (including phenoxy) is 1. The lowest BCUT2D eigenvalue weighted by molar-refractivity contribution is -0.129. The van der Waals surface area contributed by atoms with Crippen LogP contribution in [0.3, 0.4) is 0 Å². The number of rotatable bonds is 5. The molecule has 0 radical (unpaired) electrons. The van der Waals surface area contributed by atoms with Gasteiger partial charge in [-0.3, -0.25) is 14.6 Å². The molecular formula is C23H20N4O3. The summed E-state index contributed by atoms with van der Waals surface area (Å²) < 4.78 is 5.66. The Labute approximate surface area is 174 Å². The predicted octanol–water partition coefficient (Wildman–Crippen LogP) is 4.17. The van der Waals surface area contributed by atoms with Crippen molar-refractivity contribution < 1.29 is 14.3 Å². The van der Waals surface area contributed by atoms with Crippen molar-refractivity contribution in [3.8, 4) is 11.6 Å². The normalized spacial score (nSPS) is 14.7. The van der Waals surface area contributed by atoms with Crippen molar-refractivity contribution in [3.05, 3.63) is 84.4 Å². The summed E-state index contributed by atoms with van der Waals surface area (Å²) in [6.45, 7) is 1.50. The summed E-state index contributed by atoms with van der Waals surface area (Å²) in [6, 6.07) is 14.4. The van der Waals surface area contributed by atoms with Gasteiger partial charge in [0.15, 0.2) is 0 Å². The lowest BCUT2D eigenvalue weighted by atomic mass is 9.93. The number of fused-ring (bicyclic) bond motifs is 1. The second-order valence-corrected chi connectivity index (χ2v) is 6.81.